The standard InChI is InChI=1S/C20H16ClIS2/c1-12-11-15(18-9-10-19(24-21)13(2)20(18)22)5-8-17(12)14-3-6-16(23)7-4-14/h3-11,23H,1-2H3. The van der Waals surface area contributed by atoms with Crippen molar-refractivity contribution in [2.75, 3.05) is 0 Å². The van der Waals surface area contributed by atoms with Crippen molar-refractivity contribution >= 4 is 56.9 Å². The Morgan fingerprint density at radius 2 is 1.50 bits per heavy atom. The van der Waals surface area contributed by atoms with Crippen molar-refractivity contribution in [1.29, 1.82) is 0 Å². The van der Waals surface area contributed by atoms with E-state index in [1.54, 1.807) is 0 Å². The average molecular weight is 483 g/mol. The van der Waals surface area contributed by atoms with Crippen LogP contribution in [0.1, 0.15) is 11.1 Å². The van der Waals surface area contributed by atoms with Gasteiger partial charge in [0, 0.05) is 13.4 Å². The van der Waals surface area contributed by atoms with Gasteiger partial charge in [0.2, 0.25) is 0 Å². The summed E-state index contributed by atoms with van der Waals surface area (Å²) in [6.45, 7) is 4.28. The van der Waals surface area contributed by atoms with Crippen LogP contribution in [0.4, 0.5) is 0 Å². The number of hydrogen-bond donors (Lipinski definition) is 1. The number of thiol groups is 1. The first kappa shape index (κ1) is 18.2. The Labute approximate surface area is 171 Å². The molecule has 0 radical (unpaired) electrons. The van der Waals surface area contributed by atoms with Crippen molar-refractivity contribution in [1.82, 2.24) is 0 Å². The molecular formula is C20H16ClIS2. The van der Waals surface area contributed by atoms with Gasteiger partial charge in [0.25, 0.3) is 0 Å². The second-order valence-corrected chi connectivity index (χ2v) is 8.36. The quantitative estimate of drug-likeness (QED) is 0.294. The molecule has 0 atom stereocenters. The smallest absolute Gasteiger partial charge is 0.0273 e. The van der Waals surface area contributed by atoms with E-state index in [1.807, 2.05) is 12.1 Å². The summed E-state index contributed by atoms with van der Waals surface area (Å²) in [5.41, 5.74) is 7.47. The van der Waals surface area contributed by atoms with Crippen LogP contribution in [0.2, 0.25) is 0 Å². The maximum absolute atomic E-state index is 5.94. The van der Waals surface area contributed by atoms with E-state index in [-0.39, 0.29) is 0 Å². The van der Waals surface area contributed by atoms with Gasteiger partial charge in [-0.05, 0) is 110 Å². The molecule has 0 amide bonds. The summed E-state index contributed by atoms with van der Waals surface area (Å²) in [6.07, 6.45) is 0. The zero-order valence-electron chi connectivity index (χ0n) is 13.3. The maximum Gasteiger partial charge on any atom is 0.0273 e. The average Bonchev–Trinajstić information content (AvgIpc) is 2.58. The van der Waals surface area contributed by atoms with Crippen LogP contribution in [-0.2, 0) is 0 Å². The monoisotopic (exact) mass is 482 g/mol. The number of hydrogen-bond acceptors (Lipinski definition) is 2. The minimum atomic E-state index is 0.982. The summed E-state index contributed by atoms with van der Waals surface area (Å²) in [5.74, 6) is 0. The molecule has 4 heteroatoms. The number of benzene rings is 3. The Kier molecular flexibility index (Phi) is 5.85. The molecule has 0 saturated carbocycles. The van der Waals surface area contributed by atoms with Crippen molar-refractivity contribution < 1.29 is 0 Å². The van der Waals surface area contributed by atoms with Crippen LogP contribution in [0.15, 0.2) is 64.4 Å². The lowest BCUT2D eigenvalue weighted by Crippen LogP contribution is -1.91. The number of halogens is 2. The molecule has 0 N–H and O–H groups in total. The number of rotatable bonds is 3. The lowest BCUT2D eigenvalue weighted by molar-refractivity contribution is 1.28. The molecule has 0 unspecified atom stereocenters. The van der Waals surface area contributed by atoms with Gasteiger partial charge in [-0.15, -0.1) is 12.6 Å². The van der Waals surface area contributed by atoms with Crippen molar-refractivity contribution in [3.8, 4) is 22.3 Å². The van der Waals surface area contributed by atoms with Gasteiger partial charge in [-0.2, -0.15) is 0 Å². The van der Waals surface area contributed by atoms with Crippen LogP contribution in [0.5, 0.6) is 0 Å². The molecule has 0 spiro atoms. The summed E-state index contributed by atoms with van der Waals surface area (Å²) in [4.78, 5) is 2.10. The Morgan fingerprint density at radius 3 is 2.12 bits per heavy atom. The van der Waals surface area contributed by atoms with E-state index in [2.05, 4.69) is 91.5 Å². The zero-order valence-corrected chi connectivity index (χ0v) is 17.9. The highest BCUT2D eigenvalue weighted by Gasteiger charge is 2.11. The van der Waals surface area contributed by atoms with Crippen molar-refractivity contribution in [3.05, 3.63) is 69.3 Å². The van der Waals surface area contributed by atoms with Crippen LogP contribution < -0.4 is 0 Å². The molecular weight excluding hydrogens is 467 g/mol. The first-order chi connectivity index (χ1) is 11.5. The van der Waals surface area contributed by atoms with E-state index < -0.39 is 0 Å². The molecule has 24 heavy (non-hydrogen) atoms. The Morgan fingerprint density at radius 1 is 0.875 bits per heavy atom. The Balaban J connectivity index is 2.04. The maximum atomic E-state index is 5.94. The largest absolute Gasteiger partial charge is 0.143 e. The van der Waals surface area contributed by atoms with Crippen LogP contribution in [-0.4, -0.2) is 0 Å². The molecule has 0 aliphatic carbocycles. The van der Waals surface area contributed by atoms with E-state index in [4.69, 9.17) is 10.7 Å². The van der Waals surface area contributed by atoms with Gasteiger partial charge in [0.15, 0.2) is 0 Å². The topological polar surface area (TPSA) is 0 Å². The summed E-state index contributed by atoms with van der Waals surface area (Å²) in [5, 5.41) is 0. The van der Waals surface area contributed by atoms with Crippen LogP contribution in [0, 0.1) is 17.4 Å². The molecule has 122 valence electrons. The normalized spacial score (nSPS) is 10.9. The van der Waals surface area contributed by atoms with Crippen LogP contribution in [0.3, 0.4) is 0 Å². The number of aryl methyl sites for hydroxylation is 1. The van der Waals surface area contributed by atoms with E-state index in [1.165, 1.54) is 47.9 Å². The molecule has 3 aromatic carbocycles. The summed E-state index contributed by atoms with van der Waals surface area (Å²) < 4.78 is 1.25. The fourth-order valence-electron chi connectivity index (χ4n) is 2.77. The summed E-state index contributed by atoms with van der Waals surface area (Å²) >= 11 is 6.77. The second-order valence-electron chi connectivity index (χ2n) is 5.70. The fraction of sp³-hybridized carbons (Fsp3) is 0.100. The highest BCUT2D eigenvalue weighted by atomic mass is 127. The minimum Gasteiger partial charge on any atom is -0.143 e. The third-order valence-corrected chi connectivity index (χ3v) is 6.93. The highest BCUT2D eigenvalue weighted by Crippen LogP contribution is 2.36. The van der Waals surface area contributed by atoms with Gasteiger partial charge in [-0.25, -0.2) is 0 Å². The van der Waals surface area contributed by atoms with Crippen molar-refractivity contribution in [2.45, 2.75) is 23.6 Å². The van der Waals surface area contributed by atoms with E-state index in [0.717, 1.165) is 9.79 Å². The zero-order chi connectivity index (χ0) is 17.3. The molecule has 0 fully saturated rings. The highest BCUT2D eigenvalue weighted by molar-refractivity contribution is 14.1. The molecule has 0 aliphatic rings. The van der Waals surface area contributed by atoms with Crippen LogP contribution in [0.25, 0.3) is 22.3 Å². The predicted octanol–water partition coefficient (Wildman–Crippen LogP) is 7.78. The van der Waals surface area contributed by atoms with E-state index in [9.17, 15) is 0 Å². The minimum absolute atomic E-state index is 0.982. The van der Waals surface area contributed by atoms with Gasteiger partial charge in [0.05, 0.1) is 0 Å². The Bertz CT molecular complexity index is 889. The van der Waals surface area contributed by atoms with Gasteiger partial charge >= 0.3 is 0 Å². The van der Waals surface area contributed by atoms with Crippen LogP contribution >= 0.6 is 56.9 Å². The lowest BCUT2D eigenvalue weighted by Gasteiger charge is -2.13. The van der Waals surface area contributed by atoms with E-state index >= 15 is 0 Å². The third-order valence-electron chi connectivity index (χ3n) is 4.14. The molecule has 0 nitrogen and oxygen atoms in total. The molecule has 3 aromatic rings. The SMILES string of the molecule is Cc1cc(-c2ccc(SCl)c(C)c2I)ccc1-c1ccc(S)cc1. The summed E-state index contributed by atoms with van der Waals surface area (Å²) in [6, 6.07) is 19.2. The third kappa shape index (κ3) is 3.64. The molecule has 0 aromatic heterocycles. The first-order valence-electron chi connectivity index (χ1n) is 7.49. The lowest BCUT2D eigenvalue weighted by atomic mass is 9.95. The van der Waals surface area contributed by atoms with Crippen molar-refractivity contribution in [3.63, 3.8) is 0 Å². The molecule has 0 saturated heterocycles. The van der Waals surface area contributed by atoms with E-state index in [0.29, 0.717) is 0 Å². The summed E-state index contributed by atoms with van der Waals surface area (Å²) in [7, 11) is 7.21. The van der Waals surface area contributed by atoms with Crippen molar-refractivity contribution in [2.24, 2.45) is 0 Å². The van der Waals surface area contributed by atoms with Gasteiger partial charge in [0.1, 0.15) is 0 Å². The van der Waals surface area contributed by atoms with Gasteiger partial charge in [-0.3, -0.25) is 0 Å². The molecule has 0 bridgehead atoms. The first-order valence-corrected chi connectivity index (χ1v) is 10.7. The molecule has 0 heterocycles. The second kappa shape index (κ2) is 7.73. The molecule has 3 rings (SSSR count). The molecule has 0 aliphatic heterocycles. The predicted molar refractivity (Wildman–Crippen MR) is 118 cm³/mol. The fourth-order valence-corrected chi connectivity index (χ4v) is 4.72. The Hall–Kier alpha value is -0.620. The van der Waals surface area contributed by atoms with Gasteiger partial charge in [-0.1, -0.05) is 36.4 Å². The van der Waals surface area contributed by atoms with Gasteiger partial charge < -0.3 is 0 Å².